The number of rotatable bonds is 4. The van der Waals surface area contributed by atoms with E-state index in [0.29, 0.717) is 16.8 Å². The van der Waals surface area contributed by atoms with E-state index in [1.165, 1.54) is 30.5 Å². The second-order valence-corrected chi connectivity index (χ2v) is 6.36. The number of hydrogen-bond acceptors (Lipinski definition) is 4. The minimum Gasteiger partial charge on any atom is -0.366 e. The Morgan fingerprint density at radius 2 is 2.05 bits per heavy atom. The van der Waals surface area contributed by atoms with Gasteiger partial charge in [-0.1, -0.05) is 11.6 Å². The molecule has 21 heavy (non-hydrogen) atoms. The van der Waals surface area contributed by atoms with Crippen molar-refractivity contribution in [2.24, 2.45) is 5.73 Å². The second kappa shape index (κ2) is 5.71. The molecule has 3 N–H and O–H groups in total. The molecule has 1 heterocycles. The molecule has 0 saturated heterocycles. The summed E-state index contributed by atoms with van der Waals surface area (Å²) in [5, 5.41) is 0.0731. The topological polar surface area (TPSA) is 102 Å². The standard InChI is InChI=1S/C13H12ClN3O3S/c1-8-6-9(13(15)18)2-3-11(8)17-21(19,20)12-7-16-5-4-10(12)14/h2-7,17H,1H3,(H2,15,18). The fourth-order valence-electron chi connectivity index (χ4n) is 1.69. The van der Waals surface area contributed by atoms with E-state index in [1.54, 1.807) is 6.92 Å². The molecule has 0 bridgehead atoms. The van der Waals surface area contributed by atoms with E-state index < -0.39 is 15.9 Å². The van der Waals surface area contributed by atoms with Crippen LogP contribution >= 0.6 is 11.6 Å². The summed E-state index contributed by atoms with van der Waals surface area (Å²) in [6, 6.07) is 5.81. The Kier molecular flexibility index (Phi) is 4.15. The highest BCUT2D eigenvalue weighted by molar-refractivity contribution is 7.92. The largest absolute Gasteiger partial charge is 0.366 e. The summed E-state index contributed by atoms with van der Waals surface area (Å²) in [5.41, 5.74) is 6.37. The van der Waals surface area contributed by atoms with Crippen LogP contribution in [0.4, 0.5) is 5.69 Å². The number of nitrogens with two attached hydrogens (primary N) is 1. The number of carbonyl (C=O) groups is 1. The number of carbonyl (C=O) groups excluding carboxylic acids is 1. The fraction of sp³-hybridized carbons (Fsp3) is 0.0769. The highest BCUT2D eigenvalue weighted by Crippen LogP contribution is 2.24. The lowest BCUT2D eigenvalue weighted by Crippen LogP contribution is -2.15. The number of benzene rings is 1. The summed E-state index contributed by atoms with van der Waals surface area (Å²) in [6.07, 6.45) is 2.56. The Morgan fingerprint density at radius 3 is 2.62 bits per heavy atom. The summed E-state index contributed by atoms with van der Waals surface area (Å²) in [5.74, 6) is -0.581. The molecule has 0 aliphatic heterocycles. The highest BCUT2D eigenvalue weighted by atomic mass is 35.5. The average Bonchev–Trinajstić information content (AvgIpc) is 2.41. The molecule has 2 rings (SSSR count). The maximum atomic E-state index is 12.3. The van der Waals surface area contributed by atoms with Crippen LogP contribution in [0.3, 0.4) is 0 Å². The van der Waals surface area contributed by atoms with Crippen molar-refractivity contribution in [3.8, 4) is 0 Å². The van der Waals surface area contributed by atoms with Gasteiger partial charge in [0.2, 0.25) is 5.91 Å². The normalized spacial score (nSPS) is 11.1. The zero-order valence-electron chi connectivity index (χ0n) is 11.0. The SMILES string of the molecule is Cc1cc(C(N)=O)ccc1NS(=O)(=O)c1cnccc1Cl. The van der Waals surface area contributed by atoms with Crippen LogP contribution in [0.2, 0.25) is 5.02 Å². The predicted molar refractivity (Wildman–Crippen MR) is 79.8 cm³/mol. The first-order valence-electron chi connectivity index (χ1n) is 5.84. The van der Waals surface area contributed by atoms with Gasteiger partial charge in [0.15, 0.2) is 0 Å². The van der Waals surface area contributed by atoms with Gasteiger partial charge < -0.3 is 5.73 Å². The van der Waals surface area contributed by atoms with E-state index in [2.05, 4.69) is 9.71 Å². The number of sulfonamides is 1. The van der Waals surface area contributed by atoms with Gasteiger partial charge in [-0.3, -0.25) is 14.5 Å². The lowest BCUT2D eigenvalue weighted by molar-refractivity contribution is 0.1000. The van der Waals surface area contributed by atoms with Gasteiger partial charge in [0.05, 0.1) is 10.7 Å². The molecule has 8 heteroatoms. The van der Waals surface area contributed by atoms with Crippen molar-refractivity contribution >= 4 is 33.2 Å². The van der Waals surface area contributed by atoms with Gasteiger partial charge in [-0.05, 0) is 36.8 Å². The molecular weight excluding hydrogens is 314 g/mol. The number of nitrogens with zero attached hydrogens (tertiary/aromatic N) is 1. The van der Waals surface area contributed by atoms with Crippen molar-refractivity contribution < 1.29 is 13.2 Å². The molecular formula is C13H12ClN3O3S. The lowest BCUT2D eigenvalue weighted by Gasteiger charge is -2.11. The summed E-state index contributed by atoms with van der Waals surface area (Å²) in [7, 11) is -3.86. The number of hydrogen-bond donors (Lipinski definition) is 2. The van der Waals surface area contributed by atoms with Crippen molar-refractivity contribution in [2.45, 2.75) is 11.8 Å². The van der Waals surface area contributed by atoms with Gasteiger partial charge in [-0.15, -0.1) is 0 Å². The van der Waals surface area contributed by atoms with Crippen LogP contribution in [-0.2, 0) is 10.0 Å². The van der Waals surface area contributed by atoms with E-state index >= 15 is 0 Å². The van der Waals surface area contributed by atoms with Crippen molar-refractivity contribution in [1.29, 1.82) is 0 Å². The third-order valence-corrected chi connectivity index (χ3v) is 4.61. The molecule has 1 aromatic carbocycles. The van der Waals surface area contributed by atoms with Crippen LogP contribution in [0.25, 0.3) is 0 Å². The first-order valence-corrected chi connectivity index (χ1v) is 7.70. The number of amides is 1. The number of halogens is 1. The summed E-state index contributed by atoms with van der Waals surface area (Å²) < 4.78 is 26.9. The smallest absolute Gasteiger partial charge is 0.264 e. The predicted octanol–water partition coefficient (Wildman–Crippen LogP) is 1.94. The highest BCUT2D eigenvalue weighted by Gasteiger charge is 2.19. The third-order valence-electron chi connectivity index (χ3n) is 2.78. The van der Waals surface area contributed by atoms with Gasteiger partial charge in [0.1, 0.15) is 4.90 Å². The maximum Gasteiger partial charge on any atom is 0.264 e. The molecule has 0 atom stereocenters. The van der Waals surface area contributed by atoms with Crippen LogP contribution < -0.4 is 10.5 Å². The van der Waals surface area contributed by atoms with Crippen molar-refractivity contribution in [3.63, 3.8) is 0 Å². The van der Waals surface area contributed by atoms with E-state index in [1.807, 2.05) is 0 Å². The Balaban J connectivity index is 2.38. The zero-order chi connectivity index (χ0) is 15.6. The molecule has 1 amide bonds. The number of pyridine rings is 1. The van der Waals surface area contributed by atoms with E-state index in [4.69, 9.17) is 17.3 Å². The molecule has 1 aromatic heterocycles. The quantitative estimate of drug-likeness (QED) is 0.896. The summed E-state index contributed by atoms with van der Waals surface area (Å²) in [4.78, 5) is 14.7. The van der Waals surface area contributed by atoms with Crippen LogP contribution in [0.5, 0.6) is 0 Å². The monoisotopic (exact) mass is 325 g/mol. The molecule has 0 radical (unpaired) electrons. The number of aryl methyl sites for hydroxylation is 1. The van der Waals surface area contributed by atoms with Gasteiger partial charge in [-0.2, -0.15) is 0 Å². The van der Waals surface area contributed by atoms with Gasteiger partial charge in [-0.25, -0.2) is 8.42 Å². The van der Waals surface area contributed by atoms with E-state index in [0.717, 1.165) is 6.20 Å². The average molecular weight is 326 g/mol. The van der Waals surface area contributed by atoms with Crippen LogP contribution in [0, 0.1) is 6.92 Å². The van der Waals surface area contributed by atoms with Crippen LogP contribution in [-0.4, -0.2) is 19.3 Å². The van der Waals surface area contributed by atoms with Gasteiger partial charge in [0.25, 0.3) is 10.0 Å². The van der Waals surface area contributed by atoms with Gasteiger partial charge >= 0.3 is 0 Å². The van der Waals surface area contributed by atoms with E-state index in [9.17, 15) is 13.2 Å². The van der Waals surface area contributed by atoms with Crippen LogP contribution in [0.1, 0.15) is 15.9 Å². The Labute approximate surface area is 127 Å². The third kappa shape index (κ3) is 3.32. The van der Waals surface area contributed by atoms with Gasteiger partial charge in [0, 0.05) is 18.0 Å². The Morgan fingerprint density at radius 1 is 1.33 bits per heavy atom. The first-order chi connectivity index (χ1) is 9.81. The molecule has 0 unspecified atom stereocenters. The molecule has 2 aromatic rings. The lowest BCUT2D eigenvalue weighted by atomic mass is 10.1. The molecule has 110 valence electrons. The zero-order valence-corrected chi connectivity index (χ0v) is 12.6. The number of primary amides is 1. The molecule has 0 aliphatic rings. The molecule has 0 fully saturated rings. The fourth-order valence-corrected chi connectivity index (χ4v) is 3.25. The second-order valence-electron chi connectivity index (χ2n) is 4.31. The summed E-state index contributed by atoms with van der Waals surface area (Å²) >= 11 is 5.86. The summed E-state index contributed by atoms with van der Waals surface area (Å²) in [6.45, 7) is 1.66. The molecule has 0 saturated carbocycles. The Bertz CT molecular complexity index is 806. The number of aromatic nitrogens is 1. The Hall–Kier alpha value is -2.12. The van der Waals surface area contributed by atoms with Crippen molar-refractivity contribution in [3.05, 3.63) is 52.8 Å². The molecule has 6 nitrogen and oxygen atoms in total. The molecule has 0 aliphatic carbocycles. The van der Waals surface area contributed by atoms with Crippen molar-refractivity contribution in [2.75, 3.05) is 4.72 Å². The van der Waals surface area contributed by atoms with E-state index in [-0.39, 0.29) is 9.92 Å². The molecule has 0 spiro atoms. The number of nitrogens with one attached hydrogen (secondary N) is 1. The minimum atomic E-state index is -3.86. The first kappa shape index (κ1) is 15.3. The maximum absolute atomic E-state index is 12.3. The van der Waals surface area contributed by atoms with Crippen molar-refractivity contribution in [1.82, 2.24) is 4.98 Å². The van der Waals surface area contributed by atoms with Crippen LogP contribution in [0.15, 0.2) is 41.6 Å². The minimum absolute atomic E-state index is 0.0731. The number of anilines is 1.